The van der Waals surface area contributed by atoms with Crippen molar-refractivity contribution >= 4 is 34.2 Å². The van der Waals surface area contributed by atoms with Crippen LogP contribution in [0, 0.1) is 12.3 Å². The van der Waals surface area contributed by atoms with Crippen LogP contribution in [0.4, 0.5) is 11.4 Å². The molecule has 0 unspecified atom stereocenters. The van der Waals surface area contributed by atoms with Crippen molar-refractivity contribution in [3.05, 3.63) is 87.8 Å². The highest BCUT2D eigenvalue weighted by molar-refractivity contribution is 6.19. The molecule has 1 aliphatic heterocycles. The fourth-order valence-electron chi connectivity index (χ4n) is 5.78. The number of fused-ring (bicyclic) bond motifs is 2. The van der Waals surface area contributed by atoms with Gasteiger partial charge in [-0.15, -0.1) is 0 Å². The molecule has 2 amide bonds. The molecule has 0 N–H and O–H groups in total. The van der Waals surface area contributed by atoms with Crippen LogP contribution >= 0.6 is 0 Å². The normalized spacial score (nSPS) is 15.0. The fraction of sp³-hybridized carbons (Fsp3) is 0.394. The van der Waals surface area contributed by atoms with E-state index in [2.05, 4.69) is 9.88 Å². The second-order valence-electron chi connectivity index (χ2n) is 11.6. The summed E-state index contributed by atoms with van der Waals surface area (Å²) in [5, 5.41) is 0.567. The summed E-state index contributed by atoms with van der Waals surface area (Å²) < 4.78 is 12.8. The number of amides is 2. The maximum atomic E-state index is 13.4. The van der Waals surface area contributed by atoms with Crippen LogP contribution in [0.1, 0.15) is 43.2 Å². The topological polar surface area (TPSA) is 101 Å². The van der Waals surface area contributed by atoms with Gasteiger partial charge < -0.3 is 23.5 Å². The second-order valence-corrected chi connectivity index (χ2v) is 11.6. The number of rotatable bonds is 10. The zero-order valence-corrected chi connectivity index (χ0v) is 25.7. The van der Waals surface area contributed by atoms with Gasteiger partial charge in [0.15, 0.2) is 0 Å². The van der Waals surface area contributed by atoms with Crippen LogP contribution in [0.25, 0.3) is 11.0 Å². The second kappa shape index (κ2) is 12.1. The maximum Gasteiger partial charge on any atom is 0.261 e. The molecule has 0 aliphatic carbocycles. The lowest BCUT2D eigenvalue weighted by molar-refractivity contribution is -0.137. The Morgan fingerprint density at radius 3 is 2.53 bits per heavy atom. The third-order valence-corrected chi connectivity index (χ3v) is 8.17. The Hall–Kier alpha value is -4.28. The van der Waals surface area contributed by atoms with Crippen molar-refractivity contribution in [3.8, 4) is 0 Å². The molecule has 4 aromatic rings. The molecule has 43 heavy (non-hydrogen) atoms. The van der Waals surface area contributed by atoms with E-state index in [0.717, 1.165) is 16.7 Å². The van der Waals surface area contributed by atoms with Gasteiger partial charge in [0.1, 0.15) is 16.8 Å². The summed E-state index contributed by atoms with van der Waals surface area (Å²) in [6.07, 6.45) is 5.38. The zero-order chi connectivity index (χ0) is 30.9. The molecule has 0 saturated heterocycles. The molecule has 10 heteroatoms. The Morgan fingerprint density at radius 1 is 1.00 bits per heavy atom. The highest BCUT2D eigenvalue weighted by atomic mass is 16.5. The molecule has 3 aromatic heterocycles. The van der Waals surface area contributed by atoms with Crippen LogP contribution in [0.5, 0.6) is 0 Å². The lowest BCUT2D eigenvalue weighted by atomic mass is 9.90. The lowest BCUT2D eigenvalue weighted by Crippen LogP contribution is -2.47. The van der Waals surface area contributed by atoms with Gasteiger partial charge in [0, 0.05) is 65.5 Å². The van der Waals surface area contributed by atoms with E-state index in [4.69, 9.17) is 9.15 Å². The summed E-state index contributed by atoms with van der Waals surface area (Å²) in [4.78, 5) is 49.8. The number of pyridine rings is 2. The van der Waals surface area contributed by atoms with E-state index in [9.17, 15) is 14.4 Å². The number of hydrogen-bond acceptors (Lipinski definition) is 7. The molecule has 1 aromatic carbocycles. The molecule has 0 spiro atoms. The van der Waals surface area contributed by atoms with Crippen LogP contribution in [-0.4, -0.2) is 53.5 Å². The van der Waals surface area contributed by atoms with Gasteiger partial charge in [-0.25, -0.2) is 0 Å². The lowest BCUT2D eigenvalue weighted by Gasteiger charge is -2.27. The Morgan fingerprint density at radius 2 is 1.79 bits per heavy atom. The molecular weight excluding hydrogens is 546 g/mol. The molecule has 4 heterocycles. The largest absolute Gasteiger partial charge is 0.461 e. The van der Waals surface area contributed by atoms with Gasteiger partial charge in [0.25, 0.3) is 5.56 Å². The number of hydrogen-bond donors (Lipinski definition) is 0. The van der Waals surface area contributed by atoms with Crippen molar-refractivity contribution in [1.82, 2.24) is 14.5 Å². The zero-order valence-electron chi connectivity index (χ0n) is 25.7. The van der Waals surface area contributed by atoms with Gasteiger partial charge in [-0.3, -0.25) is 24.3 Å². The van der Waals surface area contributed by atoms with E-state index in [0.29, 0.717) is 67.4 Å². The predicted molar refractivity (Wildman–Crippen MR) is 166 cm³/mol. The molecule has 5 rings (SSSR count). The minimum absolute atomic E-state index is 0.0899. The summed E-state index contributed by atoms with van der Waals surface area (Å²) in [7, 11) is 3.39. The van der Waals surface area contributed by atoms with Crippen molar-refractivity contribution in [2.45, 2.75) is 53.9 Å². The van der Waals surface area contributed by atoms with Gasteiger partial charge in [-0.2, -0.15) is 0 Å². The number of aromatic nitrogens is 2. The van der Waals surface area contributed by atoms with Crippen molar-refractivity contribution in [3.63, 3.8) is 0 Å². The Balaban J connectivity index is 1.48. The van der Waals surface area contributed by atoms with Crippen LogP contribution in [0.3, 0.4) is 0 Å². The Bertz CT molecular complexity index is 1720. The number of benzene rings is 1. The van der Waals surface area contributed by atoms with E-state index in [1.165, 1.54) is 0 Å². The van der Waals surface area contributed by atoms with E-state index in [1.807, 2.05) is 50.4 Å². The molecule has 0 fully saturated rings. The predicted octanol–water partition coefficient (Wildman–Crippen LogP) is 4.50. The van der Waals surface area contributed by atoms with Crippen LogP contribution in [0.15, 0.2) is 64.2 Å². The van der Waals surface area contributed by atoms with Crippen LogP contribution < -0.4 is 15.4 Å². The number of aryl methyl sites for hydroxylation is 1. The van der Waals surface area contributed by atoms with Crippen molar-refractivity contribution in [2.24, 2.45) is 5.41 Å². The molecule has 0 saturated carbocycles. The first-order valence-electron chi connectivity index (χ1n) is 14.5. The average Bonchev–Trinajstić information content (AvgIpc) is 3.37. The monoisotopic (exact) mass is 585 g/mol. The Labute approximate surface area is 251 Å². The third-order valence-electron chi connectivity index (χ3n) is 8.17. The summed E-state index contributed by atoms with van der Waals surface area (Å²) in [5.74, 6) is 0.247. The van der Waals surface area contributed by atoms with E-state index in [1.54, 1.807) is 60.8 Å². The number of ether oxygens (including phenoxy) is 1. The minimum Gasteiger partial charge on any atom is -0.461 e. The highest BCUT2D eigenvalue weighted by Gasteiger charge is 2.45. The first-order chi connectivity index (χ1) is 20.5. The number of furan rings is 1. The number of carbonyl (C=O) groups excluding carboxylic acids is 2. The summed E-state index contributed by atoms with van der Waals surface area (Å²) in [6, 6.07) is 11.5. The first kappa shape index (κ1) is 30.2. The Kier molecular flexibility index (Phi) is 8.52. The molecule has 0 radical (unpaired) electrons. The van der Waals surface area contributed by atoms with Crippen LogP contribution in [-0.2, 0) is 40.6 Å². The summed E-state index contributed by atoms with van der Waals surface area (Å²) >= 11 is 0. The number of carbonyl (C=O) groups is 2. The molecule has 0 atom stereocenters. The highest BCUT2D eigenvalue weighted by Crippen LogP contribution is 2.39. The maximum absolute atomic E-state index is 13.4. The van der Waals surface area contributed by atoms with Gasteiger partial charge in [-0.05, 0) is 74.7 Å². The van der Waals surface area contributed by atoms with Gasteiger partial charge in [0.05, 0.1) is 23.4 Å². The van der Waals surface area contributed by atoms with Crippen molar-refractivity contribution in [1.29, 1.82) is 0 Å². The molecule has 226 valence electrons. The van der Waals surface area contributed by atoms with E-state index < -0.39 is 5.41 Å². The summed E-state index contributed by atoms with van der Waals surface area (Å²) in [6.45, 7) is 10.2. The van der Waals surface area contributed by atoms with Crippen molar-refractivity contribution < 1.29 is 18.7 Å². The minimum atomic E-state index is -1.17. The molecule has 10 nitrogen and oxygen atoms in total. The van der Waals surface area contributed by atoms with E-state index >= 15 is 0 Å². The molecule has 1 aliphatic rings. The average molecular weight is 586 g/mol. The SMILES string of the molecule is CCN1C(=O)C(C)(C)C(=O)N(C)c2cc(CN(CCn3ccc4oc(C)cc4c3=O)Cc3cnccc3COC)ccc21. The fourth-order valence-corrected chi connectivity index (χ4v) is 5.78. The third kappa shape index (κ3) is 5.85. The quantitative estimate of drug-likeness (QED) is 0.253. The van der Waals surface area contributed by atoms with Gasteiger partial charge in [-0.1, -0.05) is 6.07 Å². The van der Waals surface area contributed by atoms with Gasteiger partial charge in [0.2, 0.25) is 11.8 Å². The molecule has 0 bridgehead atoms. The standard InChI is InChI=1S/C33H39N5O5/c1-7-38-27-9-8-23(17-28(27)35(5)31(40)33(3,4)32(38)41)19-36(20-25-18-34-12-10-24(25)21-42-6)14-15-37-13-11-29-26(30(37)39)16-22(2)43-29/h8-13,16-18H,7,14-15,19-21H2,1-6H3. The summed E-state index contributed by atoms with van der Waals surface area (Å²) in [5.41, 5.74) is 3.79. The number of methoxy groups -OCH3 is 1. The van der Waals surface area contributed by atoms with Crippen LogP contribution in [0.2, 0.25) is 0 Å². The van der Waals surface area contributed by atoms with Gasteiger partial charge >= 0.3 is 0 Å². The number of anilines is 2. The smallest absolute Gasteiger partial charge is 0.261 e. The van der Waals surface area contributed by atoms with Crippen molar-refractivity contribution in [2.75, 3.05) is 37.0 Å². The number of nitrogens with zero attached hydrogens (tertiary/aromatic N) is 5. The first-order valence-corrected chi connectivity index (χ1v) is 14.5. The molecular formula is C33H39N5O5. The van der Waals surface area contributed by atoms with E-state index in [-0.39, 0.29) is 17.4 Å².